The highest BCUT2D eigenvalue weighted by Gasteiger charge is 2.35. The van der Waals surface area contributed by atoms with E-state index >= 15 is 0 Å². The molecule has 0 spiro atoms. The summed E-state index contributed by atoms with van der Waals surface area (Å²) in [7, 11) is 0. The lowest BCUT2D eigenvalue weighted by molar-refractivity contribution is -0.134. The monoisotopic (exact) mass is 478 g/mol. The first-order valence-corrected chi connectivity index (χ1v) is 11.7. The molecule has 4 aromatic carbocycles. The quantitative estimate of drug-likeness (QED) is 0.205. The van der Waals surface area contributed by atoms with Crippen molar-refractivity contribution in [1.82, 2.24) is 0 Å². The summed E-state index contributed by atoms with van der Waals surface area (Å²) in [6.07, 6.45) is 0. The SMILES string of the molecule is O=C1Oc2ccccc2C1c1ccc(OCCOc2ccc(C3C(=O)Oc4ccccc43)cc2)cc1. The molecule has 2 heterocycles. The third-order valence-electron chi connectivity index (χ3n) is 6.40. The summed E-state index contributed by atoms with van der Waals surface area (Å²) in [6.45, 7) is 0.718. The molecule has 0 radical (unpaired) electrons. The third kappa shape index (κ3) is 4.07. The molecule has 6 heteroatoms. The number of hydrogen-bond donors (Lipinski definition) is 0. The van der Waals surface area contributed by atoms with Gasteiger partial charge in [-0.1, -0.05) is 60.7 Å². The van der Waals surface area contributed by atoms with Crippen LogP contribution in [0.4, 0.5) is 0 Å². The first-order chi connectivity index (χ1) is 17.7. The first-order valence-electron chi connectivity index (χ1n) is 11.7. The summed E-state index contributed by atoms with van der Waals surface area (Å²) in [5, 5.41) is 0. The highest BCUT2D eigenvalue weighted by atomic mass is 16.5. The topological polar surface area (TPSA) is 71.1 Å². The molecule has 0 N–H and O–H groups in total. The Morgan fingerprint density at radius 3 is 1.33 bits per heavy atom. The van der Waals surface area contributed by atoms with Crippen molar-refractivity contribution in [2.24, 2.45) is 0 Å². The largest absolute Gasteiger partial charge is 0.490 e. The Morgan fingerprint density at radius 1 is 0.528 bits per heavy atom. The molecule has 6 rings (SSSR count). The lowest BCUT2D eigenvalue weighted by atomic mass is 9.93. The predicted molar refractivity (Wildman–Crippen MR) is 132 cm³/mol. The van der Waals surface area contributed by atoms with Crippen LogP contribution >= 0.6 is 0 Å². The minimum atomic E-state index is -0.416. The molecule has 178 valence electrons. The van der Waals surface area contributed by atoms with Gasteiger partial charge in [-0.2, -0.15) is 0 Å². The molecular formula is C30H22O6. The van der Waals surface area contributed by atoms with Crippen LogP contribution in [0.3, 0.4) is 0 Å². The predicted octanol–water partition coefficient (Wildman–Crippen LogP) is 5.25. The Labute approximate surface area is 208 Å². The van der Waals surface area contributed by atoms with Crippen molar-refractivity contribution in [1.29, 1.82) is 0 Å². The zero-order valence-electron chi connectivity index (χ0n) is 19.3. The normalized spacial score (nSPS) is 17.7. The van der Waals surface area contributed by atoms with Crippen LogP contribution in [-0.4, -0.2) is 25.2 Å². The van der Waals surface area contributed by atoms with E-state index in [2.05, 4.69) is 0 Å². The Kier molecular flexibility index (Phi) is 5.62. The van der Waals surface area contributed by atoms with Crippen LogP contribution < -0.4 is 18.9 Å². The molecule has 2 atom stereocenters. The molecule has 36 heavy (non-hydrogen) atoms. The van der Waals surface area contributed by atoms with Gasteiger partial charge in [-0.15, -0.1) is 0 Å². The second-order valence-corrected chi connectivity index (χ2v) is 8.62. The van der Waals surface area contributed by atoms with E-state index in [1.807, 2.05) is 84.9 Å². The van der Waals surface area contributed by atoms with Crippen molar-refractivity contribution < 1.29 is 28.5 Å². The van der Waals surface area contributed by atoms with Gasteiger partial charge in [0.05, 0.1) is 0 Å². The number of carbonyl (C=O) groups is 2. The summed E-state index contributed by atoms with van der Waals surface area (Å²) in [5.41, 5.74) is 3.49. The molecule has 2 aliphatic rings. The number of hydrogen-bond acceptors (Lipinski definition) is 6. The van der Waals surface area contributed by atoms with Gasteiger partial charge < -0.3 is 18.9 Å². The fraction of sp³-hybridized carbons (Fsp3) is 0.133. The number of benzene rings is 4. The number of carbonyl (C=O) groups excluding carboxylic acids is 2. The molecule has 0 aromatic heterocycles. The first kappa shape index (κ1) is 21.9. The van der Waals surface area contributed by atoms with Gasteiger partial charge in [-0.25, -0.2) is 0 Å². The standard InChI is InChI=1S/C30H22O6/c31-29-27(23-5-1-3-7-25(23)35-29)19-9-13-21(14-10-19)33-17-18-34-22-15-11-20(12-16-22)28-24-6-2-4-8-26(24)36-30(28)32/h1-16,27-28H,17-18H2. The lowest BCUT2D eigenvalue weighted by Gasteiger charge is -2.12. The molecule has 0 saturated carbocycles. The van der Waals surface area contributed by atoms with Crippen LogP contribution in [0.5, 0.6) is 23.0 Å². The fourth-order valence-corrected chi connectivity index (χ4v) is 4.68. The summed E-state index contributed by atoms with van der Waals surface area (Å²) in [5.74, 6) is 1.25. The average Bonchev–Trinajstić information content (AvgIpc) is 3.42. The molecule has 0 bridgehead atoms. The Hall–Kier alpha value is -4.58. The van der Waals surface area contributed by atoms with Gasteiger partial charge in [0.25, 0.3) is 0 Å². The van der Waals surface area contributed by atoms with E-state index in [0.29, 0.717) is 36.2 Å². The van der Waals surface area contributed by atoms with E-state index < -0.39 is 11.8 Å². The lowest BCUT2D eigenvalue weighted by Crippen LogP contribution is -2.12. The van der Waals surface area contributed by atoms with E-state index in [0.717, 1.165) is 22.3 Å². The summed E-state index contributed by atoms with van der Waals surface area (Å²) in [6, 6.07) is 29.9. The van der Waals surface area contributed by atoms with Gasteiger partial charge in [0.15, 0.2) is 0 Å². The molecule has 6 nitrogen and oxygen atoms in total. The maximum atomic E-state index is 12.3. The Bertz CT molecular complexity index is 1310. The van der Waals surface area contributed by atoms with Crippen LogP contribution in [0.15, 0.2) is 97.1 Å². The second kappa shape index (κ2) is 9.23. The molecule has 0 saturated heterocycles. The van der Waals surface area contributed by atoms with Gasteiger partial charge >= 0.3 is 11.9 Å². The number of para-hydroxylation sites is 2. The van der Waals surface area contributed by atoms with Crippen LogP contribution in [0.2, 0.25) is 0 Å². The highest BCUT2D eigenvalue weighted by molar-refractivity contribution is 5.90. The van der Waals surface area contributed by atoms with Crippen molar-refractivity contribution in [3.8, 4) is 23.0 Å². The molecular weight excluding hydrogens is 456 g/mol. The van der Waals surface area contributed by atoms with Crippen LogP contribution in [-0.2, 0) is 9.59 Å². The molecule has 2 unspecified atom stereocenters. The van der Waals surface area contributed by atoms with Gasteiger partial charge in [0.2, 0.25) is 0 Å². The molecule has 0 aliphatic carbocycles. The molecule has 4 aromatic rings. The van der Waals surface area contributed by atoms with Crippen molar-refractivity contribution in [2.75, 3.05) is 13.2 Å². The van der Waals surface area contributed by atoms with Crippen molar-refractivity contribution >= 4 is 11.9 Å². The van der Waals surface area contributed by atoms with E-state index in [4.69, 9.17) is 18.9 Å². The van der Waals surface area contributed by atoms with E-state index in [1.165, 1.54) is 0 Å². The Balaban J connectivity index is 1.02. The number of ether oxygens (including phenoxy) is 4. The molecule has 0 amide bonds. The van der Waals surface area contributed by atoms with Gasteiger partial charge in [0, 0.05) is 11.1 Å². The maximum absolute atomic E-state index is 12.3. The second-order valence-electron chi connectivity index (χ2n) is 8.62. The summed E-state index contributed by atoms with van der Waals surface area (Å²) >= 11 is 0. The number of rotatable bonds is 7. The van der Waals surface area contributed by atoms with E-state index in [9.17, 15) is 9.59 Å². The van der Waals surface area contributed by atoms with Crippen LogP contribution in [0.1, 0.15) is 34.1 Å². The zero-order valence-corrected chi connectivity index (χ0v) is 19.3. The summed E-state index contributed by atoms with van der Waals surface area (Å²) in [4.78, 5) is 24.7. The van der Waals surface area contributed by atoms with Crippen LogP contribution in [0, 0.1) is 0 Å². The van der Waals surface area contributed by atoms with E-state index in [-0.39, 0.29) is 11.9 Å². The van der Waals surface area contributed by atoms with Crippen molar-refractivity contribution in [3.63, 3.8) is 0 Å². The summed E-state index contributed by atoms with van der Waals surface area (Å²) < 4.78 is 22.3. The van der Waals surface area contributed by atoms with Crippen molar-refractivity contribution in [3.05, 3.63) is 119 Å². The zero-order chi connectivity index (χ0) is 24.5. The molecule has 2 aliphatic heterocycles. The van der Waals surface area contributed by atoms with Gasteiger partial charge in [-0.05, 0) is 47.5 Å². The Morgan fingerprint density at radius 2 is 0.917 bits per heavy atom. The average molecular weight is 479 g/mol. The van der Waals surface area contributed by atoms with Gasteiger partial charge in [-0.3, -0.25) is 9.59 Å². The molecule has 0 fully saturated rings. The van der Waals surface area contributed by atoms with Crippen LogP contribution in [0.25, 0.3) is 0 Å². The number of fused-ring (bicyclic) bond motifs is 2. The highest BCUT2D eigenvalue weighted by Crippen LogP contribution is 2.40. The number of esters is 2. The van der Waals surface area contributed by atoms with Crippen molar-refractivity contribution in [2.45, 2.75) is 11.8 Å². The minimum absolute atomic E-state index is 0.265. The fourth-order valence-electron chi connectivity index (χ4n) is 4.68. The van der Waals surface area contributed by atoms with Gasteiger partial charge in [0.1, 0.15) is 48.0 Å². The minimum Gasteiger partial charge on any atom is -0.490 e. The van der Waals surface area contributed by atoms with E-state index in [1.54, 1.807) is 12.1 Å². The smallest absolute Gasteiger partial charge is 0.323 e. The third-order valence-corrected chi connectivity index (χ3v) is 6.40. The maximum Gasteiger partial charge on any atom is 0.323 e.